The van der Waals surface area contributed by atoms with E-state index in [9.17, 15) is 18.5 Å². The highest BCUT2D eigenvalue weighted by Crippen LogP contribution is 2.25. The van der Waals surface area contributed by atoms with Gasteiger partial charge in [-0.3, -0.25) is 10.1 Å². The van der Waals surface area contributed by atoms with Crippen molar-refractivity contribution in [2.24, 2.45) is 0 Å². The van der Waals surface area contributed by atoms with Crippen LogP contribution in [0.15, 0.2) is 23.1 Å². The van der Waals surface area contributed by atoms with E-state index in [-0.39, 0.29) is 22.2 Å². The van der Waals surface area contributed by atoms with Gasteiger partial charge in [-0.15, -0.1) is 0 Å². The molecule has 0 radical (unpaired) electrons. The van der Waals surface area contributed by atoms with E-state index in [1.54, 1.807) is 0 Å². The molecule has 0 amide bonds. The van der Waals surface area contributed by atoms with Crippen LogP contribution in [0.2, 0.25) is 5.02 Å². The van der Waals surface area contributed by atoms with Gasteiger partial charge in [-0.1, -0.05) is 18.5 Å². The molecule has 0 saturated heterocycles. The molecule has 0 fully saturated rings. The number of nitro benzene ring substituents is 1. The van der Waals surface area contributed by atoms with Gasteiger partial charge in [0.2, 0.25) is 10.0 Å². The van der Waals surface area contributed by atoms with Crippen molar-refractivity contribution in [3.05, 3.63) is 33.3 Å². The fourth-order valence-corrected chi connectivity index (χ4v) is 2.81. The molecule has 0 heterocycles. The molecule has 0 aliphatic rings. The van der Waals surface area contributed by atoms with Gasteiger partial charge in [0.05, 0.1) is 9.95 Å². The van der Waals surface area contributed by atoms with E-state index in [1.807, 2.05) is 6.92 Å². The smallest absolute Gasteiger partial charge is 0.258 e. The lowest BCUT2D eigenvalue weighted by molar-refractivity contribution is -0.384. The van der Waals surface area contributed by atoms with Crippen LogP contribution in [0.3, 0.4) is 0 Å². The summed E-state index contributed by atoms with van der Waals surface area (Å²) in [6.07, 6.45) is 0.643. The second kappa shape index (κ2) is 5.44. The molecule has 1 aromatic rings. The second-order valence-electron chi connectivity index (χ2n) is 3.27. The predicted octanol–water partition coefficient (Wildman–Crippen LogP) is 1.94. The maximum Gasteiger partial charge on any atom is 0.271 e. The van der Waals surface area contributed by atoms with E-state index >= 15 is 0 Å². The number of rotatable bonds is 5. The van der Waals surface area contributed by atoms with Gasteiger partial charge in [0.1, 0.15) is 4.90 Å². The van der Waals surface area contributed by atoms with Gasteiger partial charge in [0.15, 0.2) is 0 Å². The Labute approximate surface area is 104 Å². The average Bonchev–Trinajstić information content (AvgIpc) is 2.25. The van der Waals surface area contributed by atoms with E-state index in [4.69, 9.17) is 11.6 Å². The van der Waals surface area contributed by atoms with Crippen LogP contribution in [0, 0.1) is 10.1 Å². The first-order chi connectivity index (χ1) is 7.88. The molecule has 1 N–H and O–H groups in total. The highest BCUT2D eigenvalue weighted by Gasteiger charge is 2.19. The molecule has 1 aromatic carbocycles. The standard InChI is InChI=1S/C9H11ClN2O4S/c1-2-5-11-17(15,16)9-4-3-7(12(13)14)6-8(9)10/h3-4,6,11H,2,5H2,1H3. The molecule has 0 bridgehead atoms. The zero-order valence-corrected chi connectivity index (χ0v) is 10.6. The summed E-state index contributed by atoms with van der Waals surface area (Å²) in [6, 6.07) is 3.24. The molecule has 17 heavy (non-hydrogen) atoms. The predicted molar refractivity (Wildman–Crippen MR) is 63.6 cm³/mol. The van der Waals surface area contributed by atoms with Crippen LogP contribution in [-0.2, 0) is 10.0 Å². The second-order valence-corrected chi connectivity index (χ2v) is 5.41. The number of hydrogen-bond acceptors (Lipinski definition) is 4. The molecular weight excluding hydrogens is 268 g/mol. The van der Waals surface area contributed by atoms with Crippen LogP contribution in [0.1, 0.15) is 13.3 Å². The number of benzene rings is 1. The number of nitro groups is 1. The molecular formula is C9H11ClN2O4S. The summed E-state index contributed by atoms with van der Waals surface area (Å²) in [6.45, 7) is 2.11. The number of hydrogen-bond donors (Lipinski definition) is 1. The molecule has 0 aliphatic carbocycles. The normalized spacial score (nSPS) is 11.4. The number of nitrogens with zero attached hydrogens (tertiary/aromatic N) is 1. The van der Waals surface area contributed by atoms with Crippen molar-refractivity contribution < 1.29 is 13.3 Å². The Morgan fingerprint density at radius 3 is 2.59 bits per heavy atom. The maximum atomic E-state index is 11.7. The Morgan fingerprint density at radius 2 is 2.12 bits per heavy atom. The van der Waals surface area contributed by atoms with Crippen LogP contribution in [0.5, 0.6) is 0 Å². The van der Waals surface area contributed by atoms with Crippen LogP contribution in [0.4, 0.5) is 5.69 Å². The van der Waals surface area contributed by atoms with Crippen LogP contribution in [-0.4, -0.2) is 19.9 Å². The van der Waals surface area contributed by atoms with Crippen molar-refractivity contribution in [1.29, 1.82) is 0 Å². The first-order valence-corrected chi connectivity index (χ1v) is 6.68. The first kappa shape index (κ1) is 13.9. The molecule has 0 atom stereocenters. The van der Waals surface area contributed by atoms with Crippen LogP contribution < -0.4 is 4.72 Å². The highest BCUT2D eigenvalue weighted by molar-refractivity contribution is 7.89. The van der Waals surface area contributed by atoms with Gasteiger partial charge in [-0.05, 0) is 12.5 Å². The van der Waals surface area contributed by atoms with Crippen molar-refractivity contribution in [2.75, 3.05) is 6.54 Å². The molecule has 1 rings (SSSR count). The summed E-state index contributed by atoms with van der Waals surface area (Å²) in [5.74, 6) is 0. The third-order valence-corrected chi connectivity index (χ3v) is 3.90. The monoisotopic (exact) mass is 278 g/mol. The summed E-state index contributed by atoms with van der Waals surface area (Å²) in [5, 5.41) is 10.3. The van der Waals surface area contributed by atoms with Crippen molar-refractivity contribution in [3.8, 4) is 0 Å². The molecule has 8 heteroatoms. The van der Waals surface area contributed by atoms with Crippen molar-refractivity contribution >= 4 is 27.3 Å². The van der Waals surface area contributed by atoms with E-state index in [0.717, 1.165) is 18.2 Å². The minimum atomic E-state index is -3.70. The van der Waals surface area contributed by atoms with Gasteiger partial charge in [0, 0.05) is 18.7 Å². The van der Waals surface area contributed by atoms with Gasteiger partial charge < -0.3 is 0 Å². The van der Waals surface area contributed by atoms with Crippen LogP contribution in [0.25, 0.3) is 0 Å². The van der Waals surface area contributed by atoms with Gasteiger partial charge in [-0.2, -0.15) is 0 Å². The van der Waals surface area contributed by atoms with E-state index in [0.29, 0.717) is 6.42 Å². The van der Waals surface area contributed by atoms with Gasteiger partial charge >= 0.3 is 0 Å². The molecule has 0 spiro atoms. The molecule has 6 nitrogen and oxygen atoms in total. The summed E-state index contributed by atoms with van der Waals surface area (Å²) in [4.78, 5) is 9.68. The molecule has 0 aromatic heterocycles. The topological polar surface area (TPSA) is 89.3 Å². The number of halogens is 1. The molecule has 0 saturated carbocycles. The van der Waals surface area contributed by atoms with Crippen molar-refractivity contribution in [1.82, 2.24) is 4.72 Å². The lowest BCUT2D eigenvalue weighted by Gasteiger charge is -2.06. The summed E-state index contributed by atoms with van der Waals surface area (Å²) in [7, 11) is -3.70. The van der Waals surface area contributed by atoms with Gasteiger partial charge in [-0.25, -0.2) is 13.1 Å². The summed E-state index contributed by atoms with van der Waals surface area (Å²) < 4.78 is 25.8. The Balaban J connectivity index is 3.12. The molecule has 94 valence electrons. The Kier molecular flexibility index (Phi) is 4.44. The van der Waals surface area contributed by atoms with Crippen LogP contribution >= 0.6 is 11.6 Å². The minimum Gasteiger partial charge on any atom is -0.258 e. The van der Waals surface area contributed by atoms with Gasteiger partial charge in [0.25, 0.3) is 5.69 Å². The highest BCUT2D eigenvalue weighted by atomic mass is 35.5. The first-order valence-electron chi connectivity index (χ1n) is 4.82. The SMILES string of the molecule is CCCNS(=O)(=O)c1ccc([N+](=O)[O-])cc1Cl. The quantitative estimate of drug-likeness (QED) is 0.658. The largest absolute Gasteiger partial charge is 0.271 e. The average molecular weight is 279 g/mol. The van der Waals surface area contributed by atoms with Crippen molar-refractivity contribution in [3.63, 3.8) is 0 Å². The van der Waals surface area contributed by atoms with E-state index < -0.39 is 14.9 Å². The maximum absolute atomic E-state index is 11.7. The Bertz CT molecular complexity index is 530. The Hall–Kier alpha value is -1.18. The number of non-ortho nitro benzene ring substituents is 1. The minimum absolute atomic E-state index is 0.154. The molecule has 0 aliphatic heterocycles. The Morgan fingerprint density at radius 1 is 1.47 bits per heavy atom. The zero-order chi connectivity index (χ0) is 13.1. The number of sulfonamides is 1. The lowest BCUT2D eigenvalue weighted by atomic mass is 10.3. The molecule has 0 unspecified atom stereocenters. The zero-order valence-electron chi connectivity index (χ0n) is 9.01. The summed E-state index contributed by atoms with van der Waals surface area (Å²) >= 11 is 5.71. The van der Waals surface area contributed by atoms with E-state index in [2.05, 4.69) is 4.72 Å². The fourth-order valence-electron chi connectivity index (χ4n) is 1.14. The lowest BCUT2D eigenvalue weighted by Crippen LogP contribution is -2.24. The van der Waals surface area contributed by atoms with Crippen molar-refractivity contribution in [2.45, 2.75) is 18.2 Å². The summed E-state index contributed by atoms with van der Waals surface area (Å²) in [5.41, 5.74) is -0.246. The number of nitrogens with one attached hydrogen (secondary N) is 1. The third kappa shape index (κ3) is 3.39. The van der Waals surface area contributed by atoms with E-state index in [1.165, 1.54) is 0 Å². The fraction of sp³-hybridized carbons (Fsp3) is 0.333. The third-order valence-electron chi connectivity index (χ3n) is 1.96.